The molecule has 0 aliphatic carbocycles. The molecule has 0 saturated carbocycles. The maximum Gasteiger partial charge on any atom is 0.419 e. The van der Waals surface area contributed by atoms with Crippen LogP contribution >= 0.6 is 0 Å². The molecule has 0 amide bonds. The van der Waals surface area contributed by atoms with Crippen molar-refractivity contribution in [2.24, 2.45) is 13.0 Å². The quantitative estimate of drug-likeness (QED) is 0.679. The summed E-state index contributed by atoms with van der Waals surface area (Å²) in [6.07, 6.45) is 0. The fourth-order valence-electron chi connectivity index (χ4n) is 3.30. The summed E-state index contributed by atoms with van der Waals surface area (Å²) in [7, 11) is -2.23. The average molecular weight is 417 g/mol. The van der Waals surface area contributed by atoms with Crippen molar-refractivity contribution in [3.05, 3.63) is 64.1 Å². The molecule has 1 N–H and O–H groups in total. The first-order valence-corrected chi connectivity index (χ1v) is 11.1. The monoisotopic (exact) mass is 416 g/mol. The van der Waals surface area contributed by atoms with Gasteiger partial charge in [-0.3, -0.25) is 4.57 Å². The highest BCUT2D eigenvalue weighted by Crippen LogP contribution is 2.28. The molecule has 1 atom stereocenters. The van der Waals surface area contributed by atoms with Crippen molar-refractivity contribution < 1.29 is 12.8 Å². The van der Waals surface area contributed by atoms with Crippen LogP contribution < -0.4 is 10.5 Å². The van der Waals surface area contributed by atoms with Gasteiger partial charge >= 0.3 is 5.76 Å². The van der Waals surface area contributed by atoms with E-state index in [1.165, 1.54) is 22.3 Å². The molecule has 1 heterocycles. The standard InChI is InChI=1S/C22H28N2O4S/c1-14(2)20(15-7-9-16(10-8-15)22(3,4)5)23-29(26,27)17-11-12-18-19(13-17)28-21(25)24(18)6/h7-14,20,23H,1-6H3/t20-/m0/s1. The first-order valence-electron chi connectivity index (χ1n) is 9.62. The molecule has 0 saturated heterocycles. The summed E-state index contributed by atoms with van der Waals surface area (Å²) in [5.41, 5.74) is 2.92. The summed E-state index contributed by atoms with van der Waals surface area (Å²) >= 11 is 0. The minimum Gasteiger partial charge on any atom is -0.408 e. The lowest BCUT2D eigenvalue weighted by Gasteiger charge is -2.25. The zero-order valence-corrected chi connectivity index (χ0v) is 18.5. The van der Waals surface area contributed by atoms with Crippen molar-refractivity contribution >= 4 is 21.1 Å². The summed E-state index contributed by atoms with van der Waals surface area (Å²) in [6.45, 7) is 10.4. The molecule has 6 nitrogen and oxygen atoms in total. The molecular weight excluding hydrogens is 388 g/mol. The molecule has 7 heteroatoms. The SMILES string of the molecule is CC(C)[C@H](NS(=O)(=O)c1ccc2c(c1)oc(=O)n2C)c1ccc(C(C)(C)C)cc1. The van der Waals surface area contributed by atoms with Crippen molar-refractivity contribution in [1.82, 2.24) is 9.29 Å². The maximum atomic E-state index is 13.0. The van der Waals surface area contributed by atoms with Crippen molar-refractivity contribution in [2.45, 2.75) is 51.0 Å². The molecule has 1 aromatic heterocycles. The summed E-state index contributed by atoms with van der Waals surface area (Å²) < 4.78 is 35.4. The zero-order valence-electron chi connectivity index (χ0n) is 17.7. The lowest BCUT2D eigenvalue weighted by molar-refractivity contribution is 0.462. The molecule has 0 radical (unpaired) electrons. The number of fused-ring (bicyclic) bond motifs is 1. The van der Waals surface area contributed by atoms with E-state index >= 15 is 0 Å². The highest BCUT2D eigenvalue weighted by atomic mass is 32.2. The third-order valence-corrected chi connectivity index (χ3v) is 6.60. The number of benzene rings is 2. The van der Waals surface area contributed by atoms with Crippen LogP contribution in [0.5, 0.6) is 0 Å². The number of hydrogen-bond acceptors (Lipinski definition) is 4. The number of nitrogens with one attached hydrogen (secondary N) is 1. The molecule has 0 fully saturated rings. The Morgan fingerprint density at radius 3 is 2.21 bits per heavy atom. The summed E-state index contributed by atoms with van der Waals surface area (Å²) in [6, 6.07) is 12.1. The molecule has 3 aromatic rings. The second kappa shape index (κ2) is 7.46. The average Bonchev–Trinajstić information content (AvgIpc) is 2.92. The number of sulfonamides is 1. The normalized spacial score (nSPS) is 13.9. The van der Waals surface area contributed by atoms with Crippen LogP contribution in [-0.2, 0) is 22.5 Å². The molecule has 156 valence electrons. The second-order valence-electron chi connectivity index (χ2n) is 8.77. The van der Waals surface area contributed by atoms with E-state index in [9.17, 15) is 13.2 Å². The molecule has 3 rings (SSSR count). The molecule has 0 spiro atoms. The predicted molar refractivity (Wildman–Crippen MR) is 114 cm³/mol. The largest absolute Gasteiger partial charge is 0.419 e. The number of rotatable bonds is 5. The summed E-state index contributed by atoms with van der Waals surface area (Å²) in [5.74, 6) is -0.481. The van der Waals surface area contributed by atoms with E-state index < -0.39 is 15.8 Å². The van der Waals surface area contributed by atoms with Crippen LogP contribution in [0.4, 0.5) is 0 Å². The Bertz CT molecular complexity index is 1180. The second-order valence-corrected chi connectivity index (χ2v) is 10.5. The lowest BCUT2D eigenvalue weighted by Crippen LogP contribution is -2.32. The van der Waals surface area contributed by atoms with Crippen molar-refractivity contribution in [1.29, 1.82) is 0 Å². The van der Waals surface area contributed by atoms with Crippen LogP contribution in [0, 0.1) is 5.92 Å². The highest BCUT2D eigenvalue weighted by Gasteiger charge is 2.25. The minimum absolute atomic E-state index is 0.0281. The van der Waals surface area contributed by atoms with Gasteiger partial charge in [0.25, 0.3) is 0 Å². The number of nitrogens with zero attached hydrogens (tertiary/aromatic N) is 1. The third-order valence-electron chi connectivity index (χ3n) is 5.16. The first-order chi connectivity index (χ1) is 13.4. The molecular formula is C22H28N2O4S. The van der Waals surface area contributed by atoms with Gasteiger partial charge in [-0.25, -0.2) is 17.9 Å². The van der Waals surface area contributed by atoms with E-state index in [4.69, 9.17) is 4.42 Å². The Balaban J connectivity index is 1.94. The molecule has 2 aromatic carbocycles. The van der Waals surface area contributed by atoms with Gasteiger partial charge in [-0.15, -0.1) is 0 Å². The van der Waals surface area contributed by atoms with Crippen molar-refractivity contribution in [3.8, 4) is 0 Å². The molecule has 0 aliphatic rings. The Morgan fingerprint density at radius 1 is 1.03 bits per heavy atom. The van der Waals surface area contributed by atoms with Crippen LogP contribution in [0.15, 0.2) is 56.6 Å². The Kier molecular flexibility index (Phi) is 5.49. The summed E-state index contributed by atoms with van der Waals surface area (Å²) in [5, 5.41) is 0. The van der Waals surface area contributed by atoms with Gasteiger partial charge in [0.2, 0.25) is 10.0 Å². The van der Waals surface area contributed by atoms with E-state index in [1.54, 1.807) is 13.1 Å². The van der Waals surface area contributed by atoms with E-state index in [-0.39, 0.29) is 27.9 Å². The van der Waals surface area contributed by atoms with Crippen molar-refractivity contribution in [2.75, 3.05) is 0 Å². The third kappa shape index (κ3) is 4.31. The van der Waals surface area contributed by atoms with Gasteiger partial charge in [0.1, 0.15) is 0 Å². The zero-order chi connectivity index (χ0) is 21.6. The number of oxazole rings is 1. The van der Waals surface area contributed by atoms with Crippen LogP contribution in [0.25, 0.3) is 11.1 Å². The minimum atomic E-state index is -3.81. The van der Waals surface area contributed by atoms with E-state index in [0.29, 0.717) is 5.52 Å². The number of aromatic nitrogens is 1. The fourth-order valence-corrected chi connectivity index (χ4v) is 4.68. The topological polar surface area (TPSA) is 81.3 Å². The highest BCUT2D eigenvalue weighted by molar-refractivity contribution is 7.89. The van der Waals surface area contributed by atoms with E-state index in [1.807, 2.05) is 38.1 Å². The lowest BCUT2D eigenvalue weighted by atomic mass is 9.85. The van der Waals surface area contributed by atoms with Crippen LogP contribution in [-0.4, -0.2) is 13.0 Å². The van der Waals surface area contributed by atoms with E-state index in [2.05, 4.69) is 25.5 Å². The van der Waals surface area contributed by atoms with Gasteiger partial charge in [-0.2, -0.15) is 0 Å². The van der Waals surface area contributed by atoms with Gasteiger partial charge in [0.15, 0.2) is 5.58 Å². The van der Waals surface area contributed by atoms with E-state index in [0.717, 1.165) is 5.56 Å². The molecule has 0 unspecified atom stereocenters. The summed E-state index contributed by atoms with van der Waals surface area (Å²) in [4.78, 5) is 11.7. The van der Waals surface area contributed by atoms with Gasteiger partial charge in [-0.05, 0) is 34.6 Å². The van der Waals surface area contributed by atoms with Gasteiger partial charge in [0.05, 0.1) is 10.4 Å². The van der Waals surface area contributed by atoms with Crippen LogP contribution in [0.3, 0.4) is 0 Å². The Hall–Kier alpha value is -2.38. The Morgan fingerprint density at radius 2 is 1.66 bits per heavy atom. The number of aryl methyl sites for hydroxylation is 1. The van der Waals surface area contributed by atoms with Gasteiger partial charge < -0.3 is 4.42 Å². The molecule has 0 aliphatic heterocycles. The first kappa shape index (κ1) is 21.3. The van der Waals surface area contributed by atoms with Crippen LogP contribution in [0.1, 0.15) is 51.8 Å². The van der Waals surface area contributed by atoms with Gasteiger partial charge in [-0.1, -0.05) is 58.9 Å². The Labute approximate surface area is 171 Å². The fraction of sp³-hybridized carbons (Fsp3) is 0.409. The van der Waals surface area contributed by atoms with Gasteiger partial charge in [0, 0.05) is 19.2 Å². The maximum absolute atomic E-state index is 13.0. The molecule has 29 heavy (non-hydrogen) atoms. The van der Waals surface area contributed by atoms with Crippen LogP contribution in [0.2, 0.25) is 0 Å². The molecule has 0 bridgehead atoms. The smallest absolute Gasteiger partial charge is 0.408 e. The number of hydrogen-bond donors (Lipinski definition) is 1. The predicted octanol–water partition coefficient (Wildman–Crippen LogP) is 4.10. The van der Waals surface area contributed by atoms with Crippen molar-refractivity contribution in [3.63, 3.8) is 0 Å².